The quantitative estimate of drug-likeness (QED) is 0.170. The molecule has 0 saturated heterocycles. The van der Waals surface area contributed by atoms with Gasteiger partial charge in [-0.25, -0.2) is 23.7 Å². The number of para-hydroxylation sites is 1. The number of hydrogen-bond donors (Lipinski definition) is 2. The molecular weight excluding hydrogens is 592 g/mol. The van der Waals surface area contributed by atoms with E-state index in [1.165, 1.54) is 26.2 Å². The van der Waals surface area contributed by atoms with Gasteiger partial charge in [-0.15, -0.1) is 0 Å². The topological polar surface area (TPSA) is 116 Å². The summed E-state index contributed by atoms with van der Waals surface area (Å²) in [6, 6.07) is 13.4. The Balaban J connectivity index is 1.41. The highest BCUT2D eigenvalue weighted by Gasteiger charge is 2.30. The molecular formula is C34H35F2N7O3. The van der Waals surface area contributed by atoms with Crippen LogP contribution in [0, 0.1) is 17.0 Å². The zero-order chi connectivity index (χ0) is 32.4. The number of benzene rings is 2. The number of fused-ring (bicyclic) bond motifs is 2. The van der Waals surface area contributed by atoms with Gasteiger partial charge in [0.1, 0.15) is 41.3 Å². The van der Waals surface area contributed by atoms with E-state index in [4.69, 9.17) is 24.5 Å². The number of rotatable bonds is 10. The summed E-state index contributed by atoms with van der Waals surface area (Å²) in [5.74, 6) is -0.150. The van der Waals surface area contributed by atoms with E-state index in [-0.39, 0.29) is 35.8 Å². The first-order valence-corrected chi connectivity index (χ1v) is 15.1. The molecule has 0 spiro atoms. The molecule has 2 aromatic carbocycles. The van der Waals surface area contributed by atoms with Gasteiger partial charge in [-0.3, -0.25) is 9.48 Å². The minimum Gasteiger partial charge on any atom is -0.491 e. The summed E-state index contributed by atoms with van der Waals surface area (Å²) < 4.78 is 42.3. The predicted octanol–water partition coefficient (Wildman–Crippen LogP) is 6.46. The lowest BCUT2D eigenvalue weighted by Crippen LogP contribution is -2.25. The standard InChI is InChI=1S/C34H35F2N7O3/c1-20(44)38-30-15-21(10-12-37-30)39-32-23-9-11-34(2,3)18-28(23)40-33(41-32)31-24-7-5-6-8-29(24)43(42-31)19-25-26(35)16-22(17-27(25)36)46-14-13-45-4/h5-8,10,12,15-17H,9,11,13-14,18-19H2,1-4H3,(H2,37,38,39,40,41,44). The first kappa shape index (κ1) is 31.0. The molecule has 1 aliphatic carbocycles. The summed E-state index contributed by atoms with van der Waals surface area (Å²) in [5, 5.41) is 11.7. The normalized spacial score (nSPS) is 13.8. The van der Waals surface area contributed by atoms with Crippen molar-refractivity contribution in [2.45, 2.75) is 46.6 Å². The van der Waals surface area contributed by atoms with Crippen LogP contribution in [0.1, 0.15) is 44.0 Å². The summed E-state index contributed by atoms with van der Waals surface area (Å²) >= 11 is 0. The number of halogens is 2. The number of pyridine rings is 1. The Bertz CT molecular complexity index is 1900. The average molecular weight is 628 g/mol. The van der Waals surface area contributed by atoms with Crippen LogP contribution >= 0.6 is 0 Å². The number of carbonyl (C=O) groups is 1. The highest BCUT2D eigenvalue weighted by atomic mass is 19.1. The van der Waals surface area contributed by atoms with E-state index in [1.807, 2.05) is 24.3 Å². The van der Waals surface area contributed by atoms with Crippen LogP contribution in [0.2, 0.25) is 0 Å². The summed E-state index contributed by atoms with van der Waals surface area (Å²) in [7, 11) is 1.52. The number of anilines is 3. The first-order chi connectivity index (χ1) is 22.1. The molecule has 5 aromatic rings. The van der Waals surface area contributed by atoms with E-state index in [2.05, 4.69) is 29.5 Å². The number of methoxy groups -OCH3 is 1. The van der Waals surface area contributed by atoms with E-state index in [1.54, 1.807) is 23.0 Å². The van der Waals surface area contributed by atoms with Gasteiger partial charge < -0.3 is 20.1 Å². The molecule has 0 aliphatic heterocycles. The lowest BCUT2D eigenvalue weighted by Gasteiger charge is -2.31. The largest absolute Gasteiger partial charge is 0.491 e. The lowest BCUT2D eigenvalue weighted by atomic mass is 9.76. The third-order valence-electron chi connectivity index (χ3n) is 7.97. The Morgan fingerprint density at radius 3 is 2.61 bits per heavy atom. The Kier molecular flexibility index (Phi) is 8.63. The van der Waals surface area contributed by atoms with E-state index in [0.29, 0.717) is 41.0 Å². The predicted molar refractivity (Wildman–Crippen MR) is 171 cm³/mol. The van der Waals surface area contributed by atoms with Crippen LogP contribution in [-0.4, -0.2) is 51.0 Å². The smallest absolute Gasteiger partial charge is 0.222 e. The SMILES string of the molecule is COCCOc1cc(F)c(Cn2nc(-c3nc4c(c(Nc5ccnc(NC(C)=O)c5)n3)CCC(C)(C)C4)c3ccccc32)c(F)c1. The minimum atomic E-state index is -0.733. The Morgan fingerprint density at radius 1 is 1.07 bits per heavy atom. The molecule has 3 heterocycles. The van der Waals surface area contributed by atoms with E-state index in [0.717, 1.165) is 35.9 Å². The number of nitrogens with zero attached hydrogens (tertiary/aromatic N) is 5. The van der Waals surface area contributed by atoms with Crippen LogP contribution in [0.4, 0.5) is 26.1 Å². The fraction of sp³-hybridized carbons (Fsp3) is 0.324. The number of hydrogen-bond acceptors (Lipinski definition) is 8. The highest BCUT2D eigenvalue weighted by molar-refractivity contribution is 5.92. The van der Waals surface area contributed by atoms with E-state index in [9.17, 15) is 4.79 Å². The maximum Gasteiger partial charge on any atom is 0.222 e. The number of aromatic nitrogens is 5. The van der Waals surface area contributed by atoms with Crippen molar-refractivity contribution in [3.05, 3.63) is 83.2 Å². The third-order valence-corrected chi connectivity index (χ3v) is 7.97. The number of nitrogens with one attached hydrogen (secondary N) is 2. The van der Waals surface area contributed by atoms with Gasteiger partial charge in [-0.1, -0.05) is 32.0 Å². The molecule has 0 unspecified atom stereocenters. The molecule has 3 aromatic heterocycles. The Hall–Kier alpha value is -4.97. The molecule has 1 aliphatic rings. The van der Waals surface area contributed by atoms with Gasteiger partial charge in [-0.05, 0) is 36.8 Å². The monoisotopic (exact) mass is 627 g/mol. The van der Waals surface area contributed by atoms with Crippen molar-refractivity contribution in [2.24, 2.45) is 5.41 Å². The molecule has 6 rings (SSSR count). The first-order valence-electron chi connectivity index (χ1n) is 15.1. The third kappa shape index (κ3) is 6.66. The van der Waals surface area contributed by atoms with Crippen LogP contribution in [-0.2, 0) is 28.9 Å². The Labute approximate surface area is 265 Å². The van der Waals surface area contributed by atoms with E-state index < -0.39 is 11.6 Å². The summed E-state index contributed by atoms with van der Waals surface area (Å²) in [6.07, 6.45) is 4.11. The van der Waals surface area contributed by atoms with Crippen molar-refractivity contribution in [1.82, 2.24) is 24.7 Å². The molecule has 0 atom stereocenters. The van der Waals surface area contributed by atoms with Crippen molar-refractivity contribution in [3.63, 3.8) is 0 Å². The van der Waals surface area contributed by atoms with Crippen molar-refractivity contribution in [2.75, 3.05) is 31.0 Å². The van der Waals surface area contributed by atoms with Crippen LogP contribution in [0.3, 0.4) is 0 Å². The number of carbonyl (C=O) groups excluding carboxylic acids is 1. The average Bonchev–Trinajstić information content (AvgIpc) is 3.37. The molecule has 46 heavy (non-hydrogen) atoms. The van der Waals surface area contributed by atoms with Gasteiger partial charge in [0.25, 0.3) is 0 Å². The van der Waals surface area contributed by atoms with Crippen LogP contribution in [0.15, 0.2) is 54.7 Å². The molecule has 2 N–H and O–H groups in total. The summed E-state index contributed by atoms with van der Waals surface area (Å²) in [5.41, 5.74) is 3.72. The molecule has 0 radical (unpaired) electrons. The molecule has 0 bridgehead atoms. The molecule has 0 fully saturated rings. The molecule has 10 nitrogen and oxygen atoms in total. The van der Waals surface area contributed by atoms with Gasteiger partial charge in [0.15, 0.2) is 5.82 Å². The molecule has 0 saturated carbocycles. The van der Waals surface area contributed by atoms with Crippen LogP contribution in [0.25, 0.3) is 22.4 Å². The fourth-order valence-electron chi connectivity index (χ4n) is 5.67. The van der Waals surface area contributed by atoms with Crippen molar-refractivity contribution >= 4 is 34.1 Å². The van der Waals surface area contributed by atoms with Gasteiger partial charge in [-0.2, -0.15) is 5.10 Å². The Morgan fingerprint density at radius 2 is 1.85 bits per heavy atom. The van der Waals surface area contributed by atoms with Crippen molar-refractivity contribution in [1.29, 1.82) is 0 Å². The maximum absolute atomic E-state index is 15.2. The zero-order valence-corrected chi connectivity index (χ0v) is 26.2. The highest BCUT2D eigenvalue weighted by Crippen LogP contribution is 2.39. The lowest BCUT2D eigenvalue weighted by molar-refractivity contribution is -0.114. The number of ether oxygens (including phenoxy) is 2. The van der Waals surface area contributed by atoms with Gasteiger partial charge in [0.05, 0.1) is 24.4 Å². The molecule has 238 valence electrons. The van der Waals surface area contributed by atoms with Crippen molar-refractivity contribution in [3.8, 4) is 17.3 Å². The second-order valence-corrected chi connectivity index (χ2v) is 12.1. The second kappa shape index (κ2) is 12.8. The molecule has 12 heteroatoms. The summed E-state index contributed by atoms with van der Waals surface area (Å²) in [6.45, 7) is 6.18. The van der Waals surface area contributed by atoms with E-state index >= 15 is 8.78 Å². The maximum atomic E-state index is 15.2. The van der Waals surface area contributed by atoms with Gasteiger partial charge in [0.2, 0.25) is 5.91 Å². The number of amides is 1. The van der Waals surface area contributed by atoms with Gasteiger partial charge >= 0.3 is 0 Å². The van der Waals surface area contributed by atoms with Crippen LogP contribution in [0.5, 0.6) is 5.75 Å². The van der Waals surface area contributed by atoms with Crippen molar-refractivity contribution < 1.29 is 23.0 Å². The molecule has 1 amide bonds. The summed E-state index contributed by atoms with van der Waals surface area (Å²) in [4.78, 5) is 25.8. The zero-order valence-electron chi connectivity index (χ0n) is 26.2. The second-order valence-electron chi connectivity index (χ2n) is 12.1. The fourth-order valence-corrected chi connectivity index (χ4v) is 5.67. The van der Waals surface area contributed by atoms with Gasteiger partial charge in [0, 0.05) is 60.6 Å². The minimum absolute atomic E-state index is 0.0427. The van der Waals surface area contributed by atoms with Crippen LogP contribution < -0.4 is 15.4 Å².